The highest BCUT2D eigenvalue weighted by molar-refractivity contribution is 5.89. The normalized spacial score (nSPS) is 17.6. The van der Waals surface area contributed by atoms with Gasteiger partial charge in [0.15, 0.2) is 6.19 Å². The number of pyridine rings is 1. The monoisotopic (exact) mass is 255 g/mol. The van der Waals surface area contributed by atoms with Crippen LogP contribution >= 0.6 is 0 Å². The van der Waals surface area contributed by atoms with E-state index >= 15 is 0 Å². The van der Waals surface area contributed by atoms with Crippen molar-refractivity contribution in [2.75, 3.05) is 18.4 Å². The molecule has 1 aromatic rings. The van der Waals surface area contributed by atoms with E-state index in [1.807, 2.05) is 6.07 Å². The highest BCUT2D eigenvalue weighted by Gasteiger charge is 2.23. The first-order valence-corrected chi connectivity index (χ1v) is 6.02. The smallest absolute Gasteiger partial charge is 0.225 e. The van der Waals surface area contributed by atoms with Crippen LogP contribution in [0.1, 0.15) is 18.4 Å². The molecule has 2 heterocycles. The molecule has 96 valence electrons. The first-order valence-electron chi connectivity index (χ1n) is 6.02. The average Bonchev–Trinajstić information content (AvgIpc) is 2.87. The number of nitrogens with zero attached hydrogens (tertiary/aromatic N) is 4. The van der Waals surface area contributed by atoms with Crippen LogP contribution in [0.3, 0.4) is 0 Å². The van der Waals surface area contributed by atoms with Crippen molar-refractivity contribution in [3.05, 3.63) is 23.9 Å². The van der Waals surface area contributed by atoms with Gasteiger partial charge in [-0.05, 0) is 24.5 Å². The van der Waals surface area contributed by atoms with Gasteiger partial charge in [0.25, 0.3) is 0 Å². The molecule has 1 fully saturated rings. The lowest BCUT2D eigenvalue weighted by Crippen LogP contribution is -2.19. The summed E-state index contributed by atoms with van der Waals surface area (Å²) in [4.78, 5) is 17.4. The summed E-state index contributed by atoms with van der Waals surface area (Å²) in [5.74, 6) is 0.555. The van der Waals surface area contributed by atoms with E-state index in [0.29, 0.717) is 24.3 Å². The maximum absolute atomic E-state index is 11.8. The zero-order valence-corrected chi connectivity index (χ0v) is 10.3. The van der Waals surface area contributed by atoms with E-state index in [0.717, 1.165) is 13.0 Å². The number of carbonyl (C=O) groups excluding carboxylic acids is 1. The number of carbonyl (C=O) groups is 1. The van der Waals surface area contributed by atoms with Crippen LogP contribution in [0.5, 0.6) is 0 Å². The zero-order chi connectivity index (χ0) is 13.7. The van der Waals surface area contributed by atoms with Crippen LogP contribution < -0.4 is 5.32 Å². The molecule has 1 aliphatic heterocycles. The average molecular weight is 255 g/mol. The van der Waals surface area contributed by atoms with Crippen LogP contribution in [0, 0.1) is 28.7 Å². The molecule has 1 atom stereocenters. The molecule has 1 amide bonds. The Morgan fingerprint density at radius 2 is 2.37 bits per heavy atom. The second-order valence-electron chi connectivity index (χ2n) is 4.50. The number of anilines is 1. The largest absolute Gasteiger partial charge is 0.311 e. The number of aromatic nitrogens is 1. The molecule has 1 saturated heterocycles. The van der Waals surface area contributed by atoms with Gasteiger partial charge in [0.2, 0.25) is 5.91 Å². The molecule has 2 rings (SSSR count). The quantitative estimate of drug-likeness (QED) is 0.816. The summed E-state index contributed by atoms with van der Waals surface area (Å²) < 4.78 is 0. The molecule has 6 nitrogen and oxygen atoms in total. The van der Waals surface area contributed by atoms with Gasteiger partial charge in [-0.15, -0.1) is 0 Å². The fourth-order valence-corrected chi connectivity index (χ4v) is 2.08. The number of hydrogen-bond donors (Lipinski definition) is 1. The predicted octanol–water partition coefficient (Wildman–Crippen LogP) is 1.08. The molecule has 0 saturated carbocycles. The maximum Gasteiger partial charge on any atom is 0.225 e. The van der Waals surface area contributed by atoms with Crippen molar-refractivity contribution >= 4 is 11.7 Å². The molecule has 1 unspecified atom stereocenters. The fourth-order valence-electron chi connectivity index (χ4n) is 2.08. The van der Waals surface area contributed by atoms with E-state index < -0.39 is 0 Å². The molecule has 0 radical (unpaired) electrons. The van der Waals surface area contributed by atoms with Gasteiger partial charge < -0.3 is 10.2 Å². The van der Waals surface area contributed by atoms with Gasteiger partial charge in [-0.1, -0.05) is 0 Å². The summed E-state index contributed by atoms with van der Waals surface area (Å²) in [6.45, 7) is 1.37. The SMILES string of the molecule is N#Cc1ccc(NC(=O)CC2CCN(C#N)C2)nc1. The summed E-state index contributed by atoms with van der Waals surface area (Å²) in [7, 11) is 0. The minimum absolute atomic E-state index is 0.109. The van der Waals surface area contributed by atoms with Gasteiger partial charge in [0.1, 0.15) is 11.9 Å². The van der Waals surface area contributed by atoms with E-state index in [4.69, 9.17) is 10.5 Å². The van der Waals surface area contributed by atoms with Crippen molar-refractivity contribution in [2.45, 2.75) is 12.8 Å². The Morgan fingerprint density at radius 3 is 2.95 bits per heavy atom. The Labute approximate surface area is 111 Å². The predicted molar refractivity (Wildman–Crippen MR) is 67.5 cm³/mol. The summed E-state index contributed by atoms with van der Waals surface area (Å²) >= 11 is 0. The Kier molecular flexibility index (Phi) is 3.94. The summed E-state index contributed by atoms with van der Waals surface area (Å²) in [5.41, 5.74) is 0.457. The van der Waals surface area contributed by atoms with Crippen LogP contribution in [0.15, 0.2) is 18.3 Å². The van der Waals surface area contributed by atoms with Gasteiger partial charge in [0.05, 0.1) is 5.56 Å². The lowest BCUT2D eigenvalue weighted by atomic mass is 10.0. The Hall–Kier alpha value is -2.60. The lowest BCUT2D eigenvalue weighted by molar-refractivity contribution is -0.117. The maximum atomic E-state index is 11.8. The van der Waals surface area contributed by atoms with Crippen molar-refractivity contribution in [1.82, 2.24) is 9.88 Å². The summed E-state index contributed by atoms with van der Waals surface area (Å²) in [6.07, 6.45) is 4.76. The molecule has 19 heavy (non-hydrogen) atoms. The van der Waals surface area contributed by atoms with Crippen molar-refractivity contribution in [2.24, 2.45) is 5.92 Å². The lowest BCUT2D eigenvalue weighted by Gasteiger charge is -2.09. The van der Waals surface area contributed by atoms with Gasteiger partial charge in [-0.2, -0.15) is 10.5 Å². The highest BCUT2D eigenvalue weighted by Crippen LogP contribution is 2.19. The molecule has 0 aliphatic carbocycles. The highest BCUT2D eigenvalue weighted by atomic mass is 16.1. The standard InChI is InChI=1S/C13H13N5O/c14-6-11-1-2-12(16-7-11)17-13(19)5-10-3-4-18(8-10)9-15/h1-2,7,10H,3-5,8H2,(H,16,17,19). The minimum Gasteiger partial charge on any atom is -0.311 e. The van der Waals surface area contributed by atoms with E-state index in [1.54, 1.807) is 17.0 Å². The third-order valence-corrected chi connectivity index (χ3v) is 3.06. The topological polar surface area (TPSA) is 92.8 Å². The fraction of sp³-hybridized carbons (Fsp3) is 0.385. The molecule has 1 aromatic heterocycles. The number of hydrogen-bond acceptors (Lipinski definition) is 5. The third-order valence-electron chi connectivity index (χ3n) is 3.06. The first-order chi connectivity index (χ1) is 9.21. The Balaban J connectivity index is 1.84. The van der Waals surface area contributed by atoms with E-state index in [1.165, 1.54) is 6.20 Å². The molecule has 0 bridgehead atoms. The van der Waals surface area contributed by atoms with Gasteiger partial charge in [0, 0.05) is 25.7 Å². The second-order valence-corrected chi connectivity index (χ2v) is 4.50. The van der Waals surface area contributed by atoms with E-state index in [-0.39, 0.29) is 11.8 Å². The molecule has 0 aromatic carbocycles. The van der Waals surface area contributed by atoms with Gasteiger partial charge in [-0.3, -0.25) is 4.79 Å². The number of nitriles is 2. The number of nitrogens with one attached hydrogen (secondary N) is 1. The van der Waals surface area contributed by atoms with Crippen LogP contribution in [-0.2, 0) is 4.79 Å². The Morgan fingerprint density at radius 1 is 1.53 bits per heavy atom. The molecule has 6 heteroatoms. The molecular weight excluding hydrogens is 242 g/mol. The number of rotatable bonds is 3. The zero-order valence-electron chi connectivity index (χ0n) is 10.3. The van der Waals surface area contributed by atoms with Gasteiger partial charge in [-0.25, -0.2) is 4.98 Å². The van der Waals surface area contributed by atoms with E-state index in [9.17, 15) is 4.79 Å². The van der Waals surface area contributed by atoms with Crippen LogP contribution in [-0.4, -0.2) is 28.9 Å². The third kappa shape index (κ3) is 3.43. The van der Waals surface area contributed by atoms with Crippen molar-refractivity contribution in [3.63, 3.8) is 0 Å². The second kappa shape index (κ2) is 5.83. The molecule has 1 aliphatic rings. The summed E-state index contributed by atoms with van der Waals surface area (Å²) in [6, 6.07) is 5.18. The first kappa shape index (κ1) is 12.8. The minimum atomic E-state index is -0.109. The number of likely N-dealkylation sites (tertiary alicyclic amines) is 1. The number of amides is 1. The van der Waals surface area contributed by atoms with Crippen LogP contribution in [0.25, 0.3) is 0 Å². The molecule has 1 N–H and O–H groups in total. The molecular formula is C13H13N5O. The van der Waals surface area contributed by atoms with Gasteiger partial charge >= 0.3 is 0 Å². The van der Waals surface area contributed by atoms with E-state index in [2.05, 4.69) is 16.5 Å². The van der Waals surface area contributed by atoms with Crippen molar-refractivity contribution in [1.29, 1.82) is 10.5 Å². The Bertz CT molecular complexity index is 540. The molecule has 0 spiro atoms. The van der Waals surface area contributed by atoms with Crippen LogP contribution in [0.4, 0.5) is 5.82 Å². The summed E-state index contributed by atoms with van der Waals surface area (Å²) in [5, 5.41) is 20.1. The van der Waals surface area contributed by atoms with Crippen molar-refractivity contribution in [3.8, 4) is 12.3 Å². The van der Waals surface area contributed by atoms with Crippen LogP contribution in [0.2, 0.25) is 0 Å². The van der Waals surface area contributed by atoms with Crippen molar-refractivity contribution < 1.29 is 4.79 Å².